The number of hydrogen-bond donors (Lipinski definition) is 0. The van der Waals surface area contributed by atoms with Crippen molar-refractivity contribution in [2.75, 3.05) is 0 Å². The second-order valence-electron chi connectivity index (χ2n) is 4.90. The summed E-state index contributed by atoms with van der Waals surface area (Å²) in [5, 5.41) is 2.48. The molecule has 0 fully saturated rings. The van der Waals surface area contributed by atoms with Gasteiger partial charge in [-0.05, 0) is 12.5 Å². The van der Waals surface area contributed by atoms with Gasteiger partial charge in [0.25, 0.3) is 5.56 Å². The van der Waals surface area contributed by atoms with Gasteiger partial charge in [0.15, 0.2) is 0 Å². The van der Waals surface area contributed by atoms with E-state index < -0.39 is 0 Å². The van der Waals surface area contributed by atoms with Crippen molar-refractivity contribution in [2.24, 2.45) is 14.1 Å². The van der Waals surface area contributed by atoms with E-state index in [0.717, 1.165) is 15.0 Å². The van der Waals surface area contributed by atoms with Crippen molar-refractivity contribution in [3.63, 3.8) is 0 Å². The van der Waals surface area contributed by atoms with Crippen LogP contribution in [0.3, 0.4) is 0 Å². The predicted molar refractivity (Wildman–Crippen MR) is 82.5 cm³/mol. The fourth-order valence-electron chi connectivity index (χ4n) is 2.30. The van der Waals surface area contributed by atoms with Crippen molar-refractivity contribution in [3.05, 3.63) is 56.0 Å². The van der Waals surface area contributed by atoms with Gasteiger partial charge >= 0.3 is 5.69 Å². The molecule has 0 unspecified atom stereocenters. The third kappa shape index (κ3) is 1.74. The number of benzene rings is 1. The second kappa shape index (κ2) is 4.45. The first-order chi connectivity index (χ1) is 9.50. The fourth-order valence-corrected chi connectivity index (χ4v) is 3.39. The smallest absolute Gasteiger partial charge is 0.295 e. The maximum Gasteiger partial charge on any atom is 0.330 e. The molecule has 2 heterocycles. The van der Waals surface area contributed by atoms with Crippen LogP contribution in [-0.4, -0.2) is 9.13 Å². The summed E-state index contributed by atoms with van der Waals surface area (Å²) in [5.41, 5.74) is 2.34. The molecular weight excluding hydrogens is 272 g/mol. The van der Waals surface area contributed by atoms with Crippen LogP contribution in [0.25, 0.3) is 21.3 Å². The summed E-state index contributed by atoms with van der Waals surface area (Å²) in [4.78, 5) is 25.2. The monoisotopic (exact) mass is 286 g/mol. The number of rotatable bonds is 1. The molecule has 0 atom stereocenters. The van der Waals surface area contributed by atoms with Gasteiger partial charge in [-0.3, -0.25) is 13.9 Å². The summed E-state index contributed by atoms with van der Waals surface area (Å²) in [7, 11) is 3.20. The zero-order chi connectivity index (χ0) is 14.4. The molecule has 0 aliphatic carbocycles. The molecule has 0 spiro atoms. The average molecular weight is 286 g/mol. The normalized spacial score (nSPS) is 11.2. The van der Waals surface area contributed by atoms with Gasteiger partial charge in [0, 0.05) is 24.4 Å². The fraction of sp³-hybridized carbons (Fsp3) is 0.200. The van der Waals surface area contributed by atoms with Gasteiger partial charge in [-0.25, -0.2) is 4.79 Å². The van der Waals surface area contributed by atoms with Crippen molar-refractivity contribution in [1.29, 1.82) is 0 Å². The Hall–Kier alpha value is -2.14. The molecule has 0 saturated heterocycles. The van der Waals surface area contributed by atoms with Gasteiger partial charge in [0.2, 0.25) is 0 Å². The van der Waals surface area contributed by atoms with Crippen molar-refractivity contribution in [1.82, 2.24) is 9.13 Å². The van der Waals surface area contributed by atoms with E-state index in [0.29, 0.717) is 10.9 Å². The molecule has 1 aromatic carbocycles. The van der Waals surface area contributed by atoms with Gasteiger partial charge in [-0.1, -0.05) is 29.8 Å². The van der Waals surface area contributed by atoms with Crippen LogP contribution >= 0.6 is 11.3 Å². The van der Waals surface area contributed by atoms with Crippen molar-refractivity contribution >= 4 is 22.2 Å². The van der Waals surface area contributed by atoms with Gasteiger partial charge in [0.1, 0.15) is 0 Å². The quantitative estimate of drug-likeness (QED) is 0.689. The number of aryl methyl sites for hydroxylation is 2. The number of thiophene rings is 1. The van der Waals surface area contributed by atoms with E-state index in [1.807, 2.05) is 36.6 Å². The zero-order valence-corrected chi connectivity index (χ0v) is 12.3. The number of fused-ring (bicyclic) bond motifs is 1. The molecule has 102 valence electrons. The lowest BCUT2D eigenvalue weighted by atomic mass is 10.1. The minimum Gasteiger partial charge on any atom is -0.295 e. The standard InChI is InChI=1S/C15H14N2O2S/c1-9-4-6-10(7-5-9)13-12-11(8-20-13)16(2)15(19)17(3)14(12)18/h4-8H,1-3H3. The molecule has 0 aliphatic heterocycles. The third-order valence-corrected chi connectivity index (χ3v) is 4.56. The molecule has 5 heteroatoms. The lowest BCUT2D eigenvalue weighted by Gasteiger charge is -2.05. The minimum absolute atomic E-state index is 0.236. The predicted octanol–water partition coefficient (Wildman–Crippen LogP) is 2.27. The Morgan fingerprint density at radius 3 is 2.30 bits per heavy atom. The van der Waals surface area contributed by atoms with E-state index in [-0.39, 0.29) is 11.2 Å². The van der Waals surface area contributed by atoms with Gasteiger partial charge in [-0.2, -0.15) is 0 Å². The van der Waals surface area contributed by atoms with Gasteiger partial charge < -0.3 is 0 Å². The largest absolute Gasteiger partial charge is 0.330 e. The van der Waals surface area contributed by atoms with Crippen LogP contribution in [0.1, 0.15) is 5.56 Å². The van der Waals surface area contributed by atoms with Crippen molar-refractivity contribution in [2.45, 2.75) is 6.92 Å². The molecule has 20 heavy (non-hydrogen) atoms. The van der Waals surface area contributed by atoms with Crippen LogP contribution in [0, 0.1) is 6.92 Å². The molecule has 3 aromatic rings. The first kappa shape index (κ1) is 12.9. The maximum atomic E-state index is 12.4. The van der Waals surface area contributed by atoms with E-state index in [4.69, 9.17) is 0 Å². The van der Waals surface area contributed by atoms with E-state index in [2.05, 4.69) is 0 Å². The Morgan fingerprint density at radius 2 is 1.65 bits per heavy atom. The Bertz CT molecular complexity index is 914. The molecule has 0 amide bonds. The minimum atomic E-state index is -0.296. The lowest BCUT2D eigenvalue weighted by molar-refractivity contribution is 0.715. The average Bonchev–Trinajstić information content (AvgIpc) is 2.88. The Kier molecular flexibility index (Phi) is 2.87. The number of hydrogen-bond acceptors (Lipinski definition) is 3. The zero-order valence-electron chi connectivity index (χ0n) is 11.5. The van der Waals surface area contributed by atoms with Crippen LogP contribution in [0.15, 0.2) is 39.2 Å². The summed E-state index contributed by atoms with van der Waals surface area (Å²) < 4.78 is 2.68. The Balaban J connectivity index is 2.43. The summed E-state index contributed by atoms with van der Waals surface area (Å²) in [5.74, 6) is 0. The SMILES string of the molecule is Cc1ccc(-c2scc3c2c(=O)n(C)c(=O)n3C)cc1. The van der Waals surface area contributed by atoms with E-state index in [9.17, 15) is 9.59 Å². The van der Waals surface area contributed by atoms with Crippen LogP contribution in [0.4, 0.5) is 0 Å². The Labute approximate surface area is 119 Å². The van der Waals surface area contributed by atoms with Crippen LogP contribution in [-0.2, 0) is 14.1 Å². The molecule has 0 aliphatic rings. The van der Waals surface area contributed by atoms with Crippen LogP contribution in [0.5, 0.6) is 0 Å². The molecule has 3 rings (SSSR count). The number of aromatic nitrogens is 2. The summed E-state index contributed by atoms with van der Waals surface area (Å²) in [6.07, 6.45) is 0. The highest BCUT2D eigenvalue weighted by Gasteiger charge is 2.15. The van der Waals surface area contributed by atoms with E-state index >= 15 is 0 Å². The molecular formula is C15H14N2O2S. The lowest BCUT2D eigenvalue weighted by Crippen LogP contribution is -2.36. The highest BCUT2D eigenvalue weighted by Crippen LogP contribution is 2.32. The molecule has 4 nitrogen and oxygen atoms in total. The first-order valence-corrected chi connectivity index (χ1v) is 7.13. The second-order valence-corrected chi connectivity index (χ2v) is 5.78. The van der Waals surface area contributed by atoms with E-state index in [1.165, 1.54) is 28.5 Å². The van der Waals surface area contributed by atoms with E-state index in [1.54, 1.807) is 7.05 Å². The maximum absolute atomic E-state index is 12.4. The molecule has 0 radical (unpaired) electrons. The number of nitrogens with zero attached hydrogens (tertiary/aromatic N) is 2. The third-order valence-electron chi connectivity index (χ3n) is 3.54. The van der Waals surface area contributed by atoms with Crippen molar-refractivity contribution in [3.8, 4) is 10.4 Å². The molecule has 0 N–H and O–H groups in total. The molecule has 0 saturated carbocycles. The topological polar surface area (TPSA) is 44.0 Å². The van der Waals surface area contributed by atoms with Gasteiger partial charge in [0.05, 0.1) is 10.9 Å². The van der Waals surface area contributed by atoms with Gasteiger partial charge in [-0.15, -0.1) is 11.3 Å². The van der Waals surface area contributed by atoms with Crippen LogP contribution in [0.2, 0.25) is 0 Å². The van der Waals surface area contributed by atoms with Crippen molar-refractivity contribution < 1.29 is 0 Å². The Morgan fingerprint density at radius 1 is 1.00 bits per heavy atom. The summed E-state index contributed by atoms with van der Waals surface area (Å²) in [6, 6.07) is 8.05. The highest BCUT2D eigenvalue weighted by atomic mass is 32.1. The van der Waals surface area contributed by atoms with Crippen LogP contribution < -0.4 is 11.2 Å². The molecule has 2 aromatic heterocycles. The summed E-state index contributed by atoms with van der Waals surface area (Å²) in [6.45, 7) is 2.03. The summed E-state index contributed by atoms with van der Waals surface area (Å²) >= 11 is 1.49. The highest BCUT2D eigenvalue weighted by molar-refractivity contribution is 7.15. The molecule has 0 bridgehead atoms. The first-order valence-electron chi connectivity index (χ1n) is 6.25.